The van der Waals surface area contributed by atoms with Gasteiger partial charge in [0.1, 0.15) is 11.3 Å². The van der Waals surface area contributed by atoms with Gasteiger partial charge >= 0.3 is 5.97 Å². The van der Waals surface area contributed by atoms with E-state index in [-0.39, 0.29) is 35.6 Å². The molecule has 0 saturated heterocycles. The van der Waals surface area contributed by atoms with E-state index in [0.29, 0.717) is 0 Å². The van der Waals surface area contributed by atoms with Crippen LogP contribution in [0.5, 0.6) is 0 Å². The molecule has 0 aliphatic rings. The number of benzene rings is 1. The zero-order valence-electron chi connectivity index (χ0n) is 10.1. The van der Waals surface area contributed by atoms with Crippen molar-refractivity contribution in [1.82, 2.24) is 0 Å². The van der Waals surface area contributed by atoms with Gasteiger partial charge in [-0.3, -0.25) is 14.9 Å². The molecule has 0 amide bonds. The molecule has 0 aliphatic carbocycles. The molecule has 0 bridgehead atoms. The zero-order valence-corrected chi connectivity index (χ0v) is 10.1. The van der Waals surface area contributed by atoms with Gasteiger partial charge in [0.05, 0.1) is 11.5 Å². The monoisotopic (exact) mass is 251 g/mol. The van der Waals surface area contributed by atoms with Crippen LogP contribution < -0.4 is 0 Å². The van der Waals surface area contributed by atoms with Crippen LogP contribution in [0.25, 0.3) is 0 Å². The summed E-state index contributed by atoms with van der Waals surface area (Å²) in [6, 6.07) is 4.28. The van der Waals surface area contributed by atoms with Crippen LogP contribution in [0, 0.1) is 10.1 Å². The highest BCUT2D eigenvalue weighted by Crippen LogP contribution is 2.25. The Morgan fingerprint density at radius 3 is 2.56 bits per heavy atom. The molecule has 0 saturated carbocycles. The summed E-state index contributed by atoms with van der Waals surface area (Å²) in [4.78, 5) is 33.0. The third-order valence-corrected chi connectivity index (χ3v) is 2.24. The lowest BCUT2D eigenvalue weighted by Crippen LogP contribution is -2.11. The van der Waals surface area contributed by atoms with Gasteiger partial charge in [0.25, 0.3) is 5.69 Å². The quantitative estimate of drug-likeness (QED) is 0.453. The molecule has 6 heteroatoms. The first-order valence-electron chi connectivity index (χ1n) is 5.40. The van der Waals surface area contributed by atoms with Crippen LogP contribution in [0.1, 0.15) is 29.8 Å². The van der Waals surface area contributed by atoms with Crippen LogP contribution in [0.15, 0.2) is 18.2 Å². The molecule has 0 heterocycles. The summed E-state index contributed by atoms with van der Waals surface area (Å²) in [5.74, 6) is -0.964. The van der Waals surface area contributed by atoms with Crippen LogP contribution in [-0.4, -0.2) is 23.3 Å². The molecule has 0 atom stereocenters. The maximum absolute atomic E-state index is 11.6. The molecular formula is C12H13NO5. The number of nitro groups is 1. The Morgan fingerprint density at radius 1 is 1.39 bits per heavy atom. The van der Waals surface area contributed by atoms with E-state index in [1.54, 1.807) is 6.92 Å². The first kappa shape index (κ1) is 13.8. The molecule has 0 N–H and O–H groups in total. The third kappa shape index (κ3) is 3.13. The summed E-state index contributed by atoms with van der Waals surface area (Å²) >= 11 is 0. The van der Waals surface area contributed by atoms with Crippen molar-refractivity contribution in [2.75, 3.05) is 6.61 Å². The van der Waals surface area contributed by atoms with Crippen molar-refractivity contribution in [1.29, 1.82) is 0 Å². The van der Waals surface area contributed by atoms with E-state index in [2.05, 4.69) is 0 Å². The number of nitrogens with zero attached hydrogens (tertiary/aromatic N) is 1. The van der Waals surface area contributed by atoms with Gasteiger partial charge in [0, 0.05) is 12.0 Å². The van der Waals surface area contributed by atoms with Crippen molar-refractivity contribution in [2.24, 2.45) is 0 Å². The predicted octanol–water partition coefficient (Wildman–Crippen LogP) is 1.90. The molecule has 6 nitrogen and oxygen atoms in total. The molecule has 96 valence electrons. The molecule has 1 aromatic carbocycles. The first-order chi connectivity index (χ1) is 8.47. The van der Waals surface area contributed by atoms with Gasteiger partial charge in [-0.15, -0.1) is 0 Å². The number of hydrogen-bond donors (Lipinski definition) is 0. The molecule has 0 aromatic heterocycles. The molecule has 0 radical (unpaired) electrons. The lowest BCUT2D eigenvalue weighted by atomic mass is 10.0. The van der Waals surface area contributed by atoms with Crippen LogP contribution in [0.4, 0.5) is 5.69 Å². The zero-order chi connectivity index (χ0) is 13.7. The Balaban J connectivity index is 3.30. The fourth-order valence-corrected chi connectivity index (χ4v) is 1.59. The van der Waals surface area contributed by atoms with Crippen molar-refractivity contribution < 1.29 is 19.2 Å². The fourth-order valence-electron chi connectivity index (χ4n) is 1.59. The molecule has 0 spiro atoms. The summed E-state index contributed by atoms with van der Waals surface area (Å²) in [6.45, 7) is 3.08. The van der Waals surface area contributed by atoms with Crippen LogP contribution >= 0.6 is 0 Å². The van der Waals surface area contributed by atoms with Crippen LogP contribution in [-0.2, 0) is 16.0 Å². The Hall–Kier alpha value is -2.24. The smallest absolute Gasteiger partial charge is 0.345 e. The summed E-state index contributed by atoms with van der Waals surface area (Å²) in [5.41, 5.74) is -0.259. The Kier molecular flexibility index (Phi) is 4.53. The Bertz CT molecular complexity index is 495. The summed E-state index contributed by atoms with van der Waals surface area (Å²) < 4.78 is 4.75. The van der Waals surface area contributed by atoms with E-state index < -0.39 is 10.9 Å². The second-order valence-electron chi connectivity index (χ2n) is 3.67. The molecular weight excluding hydrogens is 238 g/mol. The molecule has 0 fully saturated rings. The fraction of sp³-hybridized carbons (Fsp3) is 0.333. The normalized spacial score (nSPS) is 9.89. The van der Waals surface area contributed by atoms with Gasteiger partial charge in [0.2, 0.25) is 0 Å². The molecule has 1 aromatic rings. The number of nitro benzene ring substituents is 1. The van der Waals surface area contributed by atoms with E-state index in [4.69, 9.17) is 4.74 Å². The van der Waals surface area contributed by atoms with Gasteiger partial charge < -0.3 is 4.74 Å². The second kappa shape index (κ2) is 5.90. The summed E-state index contributed by atoms with van der Waals surface area (Å²) in [6.07, 6.45) is -0.0798. The van der Waals surface area contributed by atoms with Crippen LogP contribution in [0.3, 0.4) is 0 Å². The summed E-state index contributed by atoms with van der Waals surface area (Å²) in [5, 5.41) is 11.0. The molecule has 18 heavy (non-hydrogen) atoms. The topological polar surface area (TPSA) is 86.5 Å². The summed E-state index contributed by atoms with van der Waals surface area (Å²) in [7, 11) is 0. The van der Waals surface area contributed by atoms with E-state index in [1.165, 1.54) is 25.1 Å². The van der Waals surface area contributed by atoms with E-state index in [1.807, 2.05) is 0 Å². The predicted molar refractivity (Wildman–Crippen MR) is 63.4 cm³/mol. The highest BCUT2D eigenvalue weighted by Gasteiger charge is 2.25. The van der Waals surface area contributed by atoms with Crippen molar-refractivity contribution in [3.05, 3.63) is 39.4 Å². The molecule has 0 aliphatic heterocycles. The first-order valence-corrected chi connectivity index (χ1v) is 5.40. The number of Topliss-reactive ketones (excluding diaryl/α,β-unsaturated/α-hetero) is 1. The molecule has 1 rings (SSSR count). The number of esters is 1. The largest absolute Gasteiger partial charge is 0.462 e. The minimum absolute atomic E-state index is 0.0798. The van der Waals surface area contributed by atoms with E-state index in [0.717, 1.165) is 0 Å². The van der Waals surface area contributed by atoms with Gasteiger partial charge in [-0.2, -0.15) is 0 Å². The van der Waals surface area contributed by atoms with E-state index >= 15 is 0 Å². The minimum Gasteiger partial charge on any atom is -0.462 e. The standard InChI is InChI=1S/C12H13NO5/c1-3-18-12(15)10-6-4-5-9(7-8(2)14)11(10)13(16)17/h4-6H,3,7H2,1-2H3. The van der Waals surface area contributed by atoms with Gasteiger partial charge in [-0.25, -0.2) is 4.79 Å². The van der Waals surface area contributed by atoms with Gasteiger partial charge in [-0.05, 0) is 19.9 Å². The second-order valence-corrected chi connectivity index (χ2v) is 3.67. The van der Waals surface area contributed by atoms with Crippen molar-refractivity contribution in [3.8, 4) is 0 Å². The number of ether oxygens (including phenoxy) is 1. The van der Waals surface area contributed by atoms with Crippen molar-refractivity contribution in [2.45, 2.75) is 20.3 Å². The van der Waals surface area contributed by atoms with Crippen molar-refractivity contribution >= 4 is 17.4 Å². The average Bonchev–Trinajstić information content (AvgIpc) is 2.27. The third-order valence-electron chi connectivity index (χ3n) is 2.24. The number of ketones is 1. The Labute approximate surface area is 104 Å². The highest BCUT2D eigenvalue weighted by molar-refractivity contribution is 5.95. The number of hydrogen-bond acceptors (Lipinski definition) is 5. The van der Waals surface area contributed by atoms with Gasteiger partial charge in [-0.1, -0.05) is 12.1 Å². The number of carbonyl (C=O) groups excluding carboxylic acids is 2. The van der Waals surface area contributed by atoms with Crippen molar-refractivity contribution in [3.63, 3.8) is 0 Å². The minimum atomic E-state index is -0.755. The van der Waals surface area contributed by atoms with Gasteiger partial charge in [0.15, 0.2) is 0 Å². The number of rotatable bonds is 5. The number of para-hydroxylation sites is 1. The SMILES string of the molecule is CCOC(=O)c1cccc(CC(C)=O)c1[N+](=O)[O-]. The maximum Gasteiger partial charge on any atom is 0.345 e. The maximum atomic E-state index is 11.6. The van der Waals surface area contributed by atoms with Crippen LogP contribution in [0.2, 0.25) is 0 Å². The lowest BCUT2D eigenvalue weighted by molar-refractivity contribution is -0.385. The molecule has 0 unspecified atom stereocenters. The Morgan fingerprint density at radius 2 is 2.06 bits per heavy atom. The highest BCUT2D eigenvalue weighted by atomic mass is 16.6. The lowest BCUT2D eigenvalue weighted by Gasteiger charge is -2.06. The average molecular weight is 251 g/mol. The van der Waals surface area contributed by atoms with E-state index in [9.17, 15) is 19.7 Å². The number of carbonyl (C=O) groups is 2.